The highest BCUT2D eigenvalue weighted by Gasteiger charge is 2.14. The second kappa shape index (κ2) is 11.5. The molecule has 1 unspecified atom stereocenters. The Balaban J connectivity index is 2.07. The molecule has 0 radical (unpaired) electrons. The van der Waals surface area contributed by atoms with E-state index >= 15 is 0 Å². The molecule has 1 atom stereocenters. The number of phenolic OH excluding ortho intramolecular Hbond substituents is 1. The van der Waals surface area contributed by atoms with Gasteiger partial charge >= 0.3 is 0 Å². The normalized spacial score (nSPS) is 12.1. The quantitative estimate of drug-likeness (QED) is 0.433. The van der Waals surface area contributed by atoms with Gasteiger partial charge in [-0.3, -0.25) is 4.79 Å². The average molecular weight is 452 g/mol. The number of carbonyl (C=O) groups excluding carboxylic acids is 1. The molecular weight excluding hydrogens is 421 g/mol. The Morgan fingerprint density at radius 1 is 1.13 bits per heavy atom. The average Bonchev–Trinajstić information content (AvgIpc) is 2.69. The predicted octanol–water partition coefficient (Wildman–Crippen LogP) is 6.49. The number of ether oxygens (including phenoxy) is 1. The van der Waals surface area contributed by atoms with Gasteiger partial charge in [0.25, 0.3) is 5.91 Å². The van der Waals surface area contributed by atoms with E-state index in [2.05, 4.69) is 19.2 Å². The second-order valence-corrected chi connectivity index (χ2v) is 8.65. The van der Waals surface area contributed by atoms with Crippen LogP contribution >= 0.6 is 23.2 Å². The topological polar surface area (TPSA) is 58.6 Å². The minimum Gasteiger partial charge on any atom is -0.508 e. The summed E-state index contributed by atoms with van der Waals surface area (Å²) >= 11 is 12.9. The Morgan fingerprint density at radius 3 is 2.37 bits per heavy atom. The van der Waals surface area contributed by atoms with Crippen molar-refractivity contribution in [2.75, 3.05) is 6.61 Å². The van der Waals surface area contributed by atoms with E-state index in [0.29, 0.717) is 22.2 Å². The number of halogens is 2. The molecule has 0 bridgehead atoms. The SMILES string of the molecule is CCCC(CC)NC(=O)COc1cc(Cl)c(Cc2ccc(O)c(C(C)C)c2)c(Cl)c1. The van der Waals surface area contributed by atoms with Crippen molar-refractivity contribution in [1.82, 2.24) is 5.32 Å². The van der Waals surface area contributed by atoms with Gasteiger partial charge in [0.15, 0.2) is 6.61 Å². The number of amides is 1. The summed E-state index contributed by atoms with van der Waals surface area (Å²) < 4.78 is 5.61. The summed E-state index contributed by atoms with van der Waals surface area (Å²) in [6.45, 7) is 8.14. The Hall–Kier alpha value is -1.91. The summed E-state index contributed by atoms with van der Waals surface area (Å²) in [5, 5.41) is 14.0. The molecule has 2 rings (SSSR count). The van der Waals surface area contributed by atoms with Crippen molar-refractivity contribution in [2.45, 2.75) is 65.3 Å². The first-order valence-corrected chi connectivity index (χ1v) is 11.2. The van der Waals surface area contributed by atoms with Crippen LogP contribution in [0.25, 0.3) is 0 Å². The van der Waals surface area contributed by atoms with Gasteiger partial charge in [-0.2, -0.15) is 0 Å². The van der Waals surface area contributed by atoms with Gasteiger partial charge in [0.1, 0.15) is 11.5 Å². The first-order chi connectivity index (χ1) is 14.2. The van der Waals surface area contributed by atoms with Crippen LogP contribution in [0.15, 0.2) is 30.3 Å². The molecule has 6 heteroatoms. The molecular formula is C24H31Cl2NO3. The lowest BCUT2D eigenvalue weighted by Gasteiger charge is -2.17. The molecule has 4 nitrogen and oxygen atoms in total. The summed E-state index contributed by atoms with van der Waals surface area (Å²) in [5.74, 6) is 0.803. The number of phenols is 1. The van der Waals surface area contributed by atoms with Crippen molar-refractivity contribution >= 4 is 29.1 Å². The number of benzene rings is 2. The highest BCUT2D eigenvalue weighted by Crippen LogP contribution is 2.34. The maximum atomic E-state index is 12.1. The van der Waals surface area contributed by atoms with E-state index in [1.165, 1.54) is 0 Å². The third kappa shape index (κ3) is 6.82. The van der Waals surface area contributed by atoms with E-state index in [4.69, 9.17) is 27.9 Å². The fraction of sp³-hybridized carbons (Fsp3) is 0.458. The van der Waals surface area contributed by atoms with Crippen LogP contribution in [0.4, 0.5) is 0 Å². The van der Waals surface area contributed by atoms with E-state index in [1.54, 1.807) is 18.2 Å². The third-order valence-corrected chi connectivity index (χ3v) is 5.75. The van der Waals surface area contributed by atoms with Gasteiger partial charge in [-0.25, -0.2) is 0 Å². The smallest absolute Gasteiger partial charge is 0.258 e. The zero-order valence-corrected chi connectivity index (χ0v) is 19.6. The molecule has 30 heavy (non-hydrogen) atoms. The molecule has 2 aromatic rings. The molecule has 164 valence electrons. The number of hydrogen-bond acceptors (Lipinski definition) is 3. The molecule has 0 aromatic heterocycles. The molecule has 2 aromatic carbocycles. The van der Waals surface area contributed by atoms with Crippen LogP contribution in [0, 0.1) is 0 Å². The molecule has 0 aliphatic rings. The van der Waals surface area contributed by atoms with Crippen LogP contribution in [-0.2, 0) is 11.2 Å². The lowest BCUT2D eigenvalue weighted by molar-refractivity contribution is -0.123. The molecule has 2 N–H and O–H groups in total. The van der Waals surface area contributed by atoms with Crippen molar-refractivity contribution < 1.29 is 14.6 Å². The lowest BCUT2D eigenvalue weighted by Crippen LogP contribution is -2.37. The van der Waals surface area contributed by atoms with Crippen molar-refractivity contribution in [1.29, 1.82) is 0 Å². The molecule has 0 heterocycles. The Bertz CT molecular complexity index is 845. The number of hydrogen-bond donors (Lipinski definition) is 2. The standard InChI is InChI=1S/C24H31Cl2NO3/c1-5-7-17(6-2)27-24(29)14-30-18-12-21(25)20(22(26)13-18)11-16-8-9-23(28)19(10-16)15(3)4/h8-10,12-13,15,17,28H,5-7,11,14H2,1-4H3,(H,27,29). The Morgan fingerprint density at radius 2 is 1.80 bits per heavy atom. The molecule has 0 aliphatic carbocycles. The number of rotatable bonds is 10. The summed E-state index contributed by atoms with van der Waals surface area (Å²) in [7, 11) is 0. The Labute approximate surface area is 189 Å². The number of carbonyl (C=O) groups is 1. The molecule has 0 spiro atoms. The zero-order valence-electron chi connectivity index (χ0n) is 18.1. The molecule has 0 saturated carbocycles. The van der Waals surface area contributed by atoms with Crippen LogP contribution in [0.1, 0.15) is 69.6 Å². The van der Waals surface area contributed by atoms with E-state index in [-0.39, 0.29) is 30.2 Å². The van der Waals surface area contributed by atoms with Gasteiger partial charge in [0.05, 0.1) is 0 Å². The van der Waals surface area contributed by atoms with Crippen LogP contribution in [0.5, 0.6) is 11.5 Å². The third-order valence-electron chi connectivity index (χ3n) is 5.07. The van der Waals surface area contributed by atoms with E-state index < -0.39 is 0 Å². The van der Waals surface area contributed by atoms with Crippen LogP contribution < -0.4 is 10.1 Å². The first kappa shape index (κ1) is 24.4. The minimum atomic E-state index is -0.156. The van der Waals surface area contributed by atoms with Crippen LogP contribution in [-0.4, -0.2) is 23.7 Å². The van der Waals surface area contributed by atoms with Gasteiger partial charge in [-0.15, -0.1) is 0 Å². The van der Waals surface area contributed by atoms with E-state index in [9.17, 15) is 9.90 Å². The fourth-order valence-electron chi connectivity index (χ4n) is 3.36. The van der Waals surface area contributed by atoms with Crippen LogP contribution in [0.2, 0.25) is 10.0 Å². The Kier molecular flexibility index (Phi) is 9.32. The maximum Gasteiger partial charge on any atom is 0.258 e. The predicted molar refractivity (Wildman–Crippen MR) is 124 cm³/mol. The van der Waals surface area contributed by atoms with Crippen molar-refractivity contribution in [3.8, 4) is 11.5 Å². The van der Waals surface area contributed by atoms with Crippen molar-refractivity contribution in [3.63, 3.8) is 0 Å². The van der Waals surface area contributed by atoms with Gasteiger partial charge in [-0.1, -0.05) is 69.5 Å². The van der Waals surface area contributed by atoms with Crippen molar-refractivity contribution in [3.05, 3.63) is 57.1 Å². The van der Waals surface area contributed by atoms with Gasteiger partial charge in [0, 0.05) is 22.5 Å². The minimum absolute atomic E-state index is 0.0814. The fourth-order valence-corrected chi connectivity index (χ4v) is 3.96. The maximum absolute atomic E-state index is 12.1. The molecule has 1 amide bonds. The monoisotopic (exact) mass is 451 g/mol. The van der Waals surface area contributed by atoms with Gasteiger partial charge in [0.2, 0.25) is 0 Å². The second-order valence-electron chi connectivity index (χ2n) is 7.84. The first-order valence-electron chi connectivity index (χ1n) is 10.5. The summed E-state index contributed by atoms with van der Waals surface area (Å²) in [6, 6.07) is 9.07. The highest BCUT2D eigenvalue weighted by molar-refractivity contribution is 6.36. The summed E-state index contributed by atoms with van der Waals surface area (Å²) in [5.41, 5.74) is 2.68. The lowest BCUT2D eigenvalue weighted by atomic mass is 9.96. The highest BCUT2D eigenvalue weighted by atomic mass is 35.5. The summed E-state index contributed by atoms with van der Waals surface area (Å²) in [4.78, 5) is 12.1. The largest absolute Gasteiger partial charge is 0.508 e. The van der Waals surface area contributed by atoms with Crippen molar-refractivity contribution in [2.24, 2.45) is 0 Å². The van der Waals surface area contributed by atoms with E-state index in [0.717, 1.165) is 36.0 Å². The van der Waals surface area contributed by atoms with Gasteiger partial charge < -0.3 is 15.2 Å². The molecule has 0 aliphatic heterocycles. The zero-order chi connectivity index (χ0) is 22.3. The molecule has 0 fully saturated rings. The number of nitrogens with one attached hydrogen (secondary N) is 1. The van der Waals surface area contributed by atoms with Gasteiger partial charge in [-0.05, 0) is 53.6 Å². The molecule has 0 saturated heterocycles. The van der Waals surface area contributed by atoms with E-state index in [1.807, 2.05) is 26.0 Å². The van der Waals surface area contributed by atoms with Crippen LogP contribution in [0.3, 0.4) is 0 Å². The number of aromatic hydroxyl groups is 1. The summed E-state index contributed by atoms with van der Waals surface area (Å²) in [6.07, 6.45) is 3.39.